The molecule has 1 aliphatic heterocycles. The number of aryl methyl sites for hydroxylation is 2. The van der Waals surface area contributed by atoms with Crippen molar-refractivity contribution in [1.29, 1.82) is 0 Å². The lowest BCUT2D eigenvalue weighted by Crippen LogP contribution is -2.36. The SMILES string of the molecule is Cc1nn(-c2ccc(F)cc2)c2nc(CCC(C)C)nc(N3CCCN(C(=O)[C@@H]4C[C@H]4c4ccccc4)CC3)c12. The minimum absolute atomic E-state index is 0.0959. The second-order valence-electron chi connectivity index (χ2n) is 11.6. The maximum absolute atomic E-state index is 13.7. The van der Waals surface area contributed by atoms with E-state index in [2.05, 4.69) is 47.9 Å². The molecule has 2 fully saturated rings. The first-order valence-corrected chi connectivity index (χ1v) is 14.5. The third-order valence-electron chi connectivity index (χ3n) is 8.19. The second kappa shape index (κ2) is 11.0. The minimum Gasteiger partial charge on any atom is -0.354 e. The first-order chi connectivity index (χ1) is 19.4. The van der Waals surface area contributed by atoms with E-state index in [0.717, 1.165) is 72.8 Å². The second-order valence-corrected chi connectivity index (χ2v) is 11.6. The third-order valence-corrected chi connectivity index (χ3v) is 8.19. The van der Waals surface area contributed by atoms with Crippen LogP contribution in [0.3, 0.4) is 0 Å². The van der Waals surface area contributed by atoms with Crippen LogP contribution in [0.2, 0.25) is 0 Å². The van der Waals surface area contributed by atoms with E-state index < -0.39 is 0 Å². The highest BCUT2D eigenvalue weighted by Crippen LogP contribution is 2.48. The Kier molecular flexibility index (Phi) is 7.26. The summed E-state index contributed by atoms with van der Waals surface area (Å²) >= 11 is 0. The lowest BCUT2D eigenvalue weighted by Gasteiger charge is -2.24. The zero-order valence-electron chi connectivity index (χ0n) is 23.6. The number of anilines is 1. The first-order valence-electron chi connectivity index (χ1n) is 14.5. The zero-order chi connectivity index (χ0) is 27.8. The number of rotatable bonds is 7. The van der Waals surface area contributed by atoms with Crippen molar-refractivity contribution in [2.45, 2.75) is 52.4 Å². The van der Waals surface area contributed by atoms with Gasteiger partial charge < -0.3 is 9.80 Å². The molecule has 1 saturated heterocycles. The summed E-state index contributed by atoms with van der Waals surface area (Å²) in [7, 11) is 0. The zero-order valence-corrected chi connectivity index (χ0v) is 23.6. The number of benzene rings is 2. The highest BCUT2D eigenvalue weighted by Gasteiger charge is 2.45. The molecule has 2 atom stereocenters. The Morgan fingerprint density at radius 2 is 1.77 bits per heavy atom. The van der Waals surface area contributed by atoms with Gasteiger partial charge in [0.05, 0.1) is 16.8 Å². The average Bonchev–Trinajstić information content (AvgIpc) is 3.74. The first kappa shape index (κ1) is 26.4. The van der Waals surface area contributed by atoms with Crippen molar-refractivity contribution in [2.75, 3.05) is 31.1 Å². The summed E-state index contributed by atoms with van der Waals surface area (Å²) in [6, 6.07) is 16.7. The predicted octanol–water partition coefficient (Wildman–Crippen LogP) is 5.69. The van der Waals surface area contributed by atoms with Gasteiger partial charge in [-0.3, -0.25) is 4.79 Å². The number of hydrogen-bond acceptors (Lipinski definition) is 5. The molecule has 1 saturated carbocycles. The van der Waals surface area contributed by atoms with Gasteiger partial charge in [0.25, 0.3) is 0 Å². The van der Waals surface area contributed by atoms with E-state index in [4.69, 9.17) is 15.1 Å². The van der Waals surface area contributed by atoms with Gasteiger partial charge in [-0.25, -0.2) is 19.0 Å². The van der Waals surface area contributed by atoms with Gasteiger partial charge in [-0.1, -0.05) is 44.2 Å². The molecule has 6 rings (SSSR count). The van der Waals surface area contributed by atoms with Gasteiger partial charge in [-0.15, -0.1) is 0 Å². The van der Waals surface area contributed by atoms with Crippen molar-refractivity contribution in [3.63, 3.8) is 0 Å². The highest BCUT2D eigenvalue weighted by atomic mass is 19.1. The molecule has 0 unspecified atom stereocenters. The smallest absolute Gasteiger partial charge is 0.226 e. The highest BCUT2D eigenvalue weighted by molar-refractivity contribution is 5.91. The Hall–Kier alpha value is -3.81. The third kappa shape index (κ3) is 5.31. The van der Waals surface area contributed by atoms with Crippen molar-refractivity contribution in [3.8, 4) is 5.69 Å². The Bertz CT molecular complexity index is 1500. The van der Waals surface area contributed by atoms with E-state index in [1.54, 1.807) is 16.8 Å². The average molecular weight is 541 g/mol. The van der Waals surface area contributed by atoms with Crippen LogP contribution in [0.25, 0.3) is 16.7 Å². The van der Waals surface area contributed by atoms with Gasteiger partial charge in [0.1, 0.15) is 17.5 Å². The number of carbonyl (C=O) groups is 1. The van der Waals surface area contributed by atoms with Crippen LogP contribution in [0.5, 0.6) is 0 Å². The number of nitrogens with zero attached hydrogens (tertiary/aromatic N) is 6. The lowest BCUT2D eigenvalue weighted by atomic mass is 10.1. The lowest BCUT2D eigenvalue weighted by molar-refractivity contribution is -0.132. The number of fused-ring (bicyclic) bond motifs is 1. The molecule has 0 N–H and O–H groups in total. The topological polar surface area (TPSA) is 67.2 Å². The fourth-order valence-corrected chi connectivity index (χ4v) is 5.85. The number of halogens is 1. The van der Waals surface area contributed by atoms with Gasteiger partial charge in [0.15, 0.2) is 5.65 Å². The number of carbonyl (C=O) groups excluding carboxylic acids is 1. The molecule has 1 amide bonds. The summed E-state index contributed by atoms with van der Waals surface area (Å²) in [4.78, 5) is 27.8. The van der Waals surface area contributed by atoms with E-state index in [1.807, 2.05) is 13.0 Å². The molecule has 0 spiro atoms. The molecule has 2 aromatic heterocycles. The van der Waals surface area contributed by atoms with E-state index >= 15 is 0 Å². The van der Waals surface area contributed by atoms with E-state index in [9.17, 15) is 9.18 Å². The molecule has 2 aliphatic rings. The fourth-order valence-electron chi connectivity index (χ4n) is 5.85. The van der Waals surface area contributed by atoms with Crippen LogP contribution in [-0.2, 0) is 11.2 Å². The summed E-state index contributed by atoms with van der Waals surface area (Å²) in [5.41, 5.74) is 3.62. The van der Waals surface area contributed by atoms with Gasteiger partial charge in [0, 0.05) is 38.5 Å². The fraction of sp³-hybridized carbons (Fsp3) is 0.438. The maximum Gasteiger partial charge on any atom is 0.226 e. The largest absolute Gasteiger partial charge is 0.354 e. The normalized spacial score (nSPS) is 19.3. The standard InChI is InChI=1S/C32H37FN6O/c1-21(2)10-15-28-34-30(29-22(3)36-39(31(29)35-28)25-13-11-24(33)12-14-25)37-16-7-17-38(19-18-37)32(40)27-20-26(27)23-8-5-4-6-9-23/h4-6,8-9,11-14,21,26-27H,7,10,15-20H2,1-3H3/t26-,27+/m0/s1. The molecule has 0 radical (unpaired) electrons. The Balaban J connectivity index is 1.28. The van der Waals surface area contributed by atoms with Gasteiger partial charge in [-0.05, 0) is 67.9 Å². The minimum atomic E-state index is -0.283. The van der Waals surface area contributed by atoms with E-state index in [1.165, 1.54) is 17.7 Å². The molecule has 1 aliphatic carbocycles. The van der Waals surface area contributed by atoms with Crippen molar-refractivity contribution in [1.82, 2.24) is 24.6 Å². The van der Waals surface area contributed by atoms with Gasteiger partial charge >= 0.3 is 0 Å². The summed E-state index contributed by atoms with van der Waals surface area (Å²) in [6.07, 6.45) is 3.58. The summed E-state index contributed by atoms with van der Waals surface area (Å²) in [5.74, 6) is 2.65. The molecule has 8 heteroatoms. The van der Waals surface area contributed by atoms with E-state index in [-0.39, 0.29) is 17.6 Å². The summed E-state index contributed by atoms with van der Waals surface area (Å²) in [6.45, 7) is 9.35. The molecule has 0 bridgehead atoms. The van der Waals surface area contributed by atoms with Crippen LogP contribution in [0.15, 0.2) is 54.6 Å². The van der Waals surface area contributed by atoms with Crippen molar-refractivity contribution in [2.24, 2.45) is 11.8 Å². The van der Waals surface area contributed by atoms with E-state index in [0.29, 0.717) is 24.9 Å². The van der Waals surface area contributed by atoms with Crippen LogP contribution >= 0.6 is 0 Å². The molecule has 7 nitrogen and oxygen atoms in total. The van der Waals surface area contributed by atoms with Gasteiger partial charge in [-0.2, -0.15) is 5.10 Å². The molecular formula is C32H37FN6O. The van der Waals surface area contributed by atoms with Gasteiger partial charge in [0.2, 0.25) is 5.91 Å². The van der Waals surface area contributed by atoms with Crippen molar-refractivity contribution >= 4 is 22.8 Å². The van der Waals surface area contributed by atoms with Crippen LogP contribution in [-0.4, -0.2) is 56.7 Å². The molecule has 208 valence electrons. The summed E-state index contributed by atoms with van der Waals surface area (Å²) < 4.78 is 15.5. The van der Waals surface area contributed by atoms with Crippen LogP contribution < -0.4 is 4.90 Å². The Morgan fingerprint density at radius 3 is 2.52 bits per heavy atom. The predicted molar refractivity (Wildman–Crippen MR) is 155 cm³/mol. The number of amides is 1. The van der Waals surface area contributed by atoms with Crippen LogP contribution in [0.4, 0.5) is 10.2 Å². The molecular weight excluding hydrogens is 503 g/mol. The summed E-state index contributed by atoms with van der Waals surface area (Å²) in [5, 5.41) is 5.74. The molecule has 40 heavy (non-hydrogen) atoms. The molecule has 2 aromatic carbocycles. The van der Waals surface area contributed by atoms with Crippen molar-refractivity contribution < 1.29 is 9.18 Å². The van der Waals surface area contributed by atoms with Crippen LogP contribution in [0, 0.1) is 24.6 Å². The maximum atomic E-state index is 13.7. The quantitative estimate of drug-likeness (QED) is 0.301. The van der Waals surface area contributed by atoms with Crippen LogP contribution in [0.1, 0.15) is 56.1 Å². The number of aromatic nitrogens is 4. The Labute approximate surface area is 235 Å². The number of hydrogen-bond donors (Lipinski definition) is 0. The van der Waals surface area contributed by atoms with Crippen molar-refractivity contribution in [3.05, 3.63) is 77.5 Å². The monoisotopic (exact) mass is 540 g/mol. The Morgan fingerprint density at radius 1 is 1.00 bits per heavy atom. The molecule has 4 aromatic rings. The molecule has 3 heterocycles.